The van der Waals surface area contributed by atoms with Gasteiger partial charge in [0, 0.05) is 25.2 Å². The van der Waals surface area contributed by atoms with Gasteiger partial charge in [-0.1, -0.05) is 41.7 Å². The van der Waals surface area contributed by atoms with Crippen molar-refractivity contribution in [3.8, 4) is 0 Å². The second-order valence-electron chi connectivity index (χ2n) is 8.08. The summed E-state index contributed by atoms with van der Waals surface area (Å²) in [6, 6.07) is 12.8. The van der Waals surface area contributed by atoms with Crippen LogP contribution in [-0.2, 0) is 9.53 Å². The van der Waals surface area contributed by atoms with Crippen LogP contribution in [0.5, 0.6) is 0 Å². The second kappa shape index (κ2) is 8.86. The highest BCUT2D eigenvalue weighted by Crippen LogP contribution is 2.30. The molecule has 2 aromatic heterocycles. The molecule has 0 unspecified atom stereocenters. The molecule has 5 rings (SSSR count). The van der Waals surface area contributed by atoms with Gasteiger partial charge in [0.25, 0.3) is 5.56 Å². The summed E-state index contributed by atoms with van der Waals surface area (Å²) in [7, 11) is 0. The van der Waals surface area contributed by atoms with Gasteiger partial charge in [-0.15, -0.1) is 0 Å². The SMILES string of the molecule is CCOC(=O)C1=C(C)N=c2s/c(=C\c3ccc(N4CCCC4)o3)c(=O)n2[C@H]1c1ccccc1. The zero-order valence-corrected chi connectivity index (χ0v) is 19.4. The topological polar surface area (TPSA) is 77.0 Å². The van der Waals surface area contributed by atoms with E-state index < -0.39 is 12.0 Å². The molecular formula is C25H25N3O4S. The van der Waals surface area contributed by atoms with Crippen LogP contribution in [0.1, 0.15) is 44.1 Å². The van der Waals surface area contributed by atoms with Gasteiger partial charge in [0.15, 0.2) is 10.7 Å². The number of esters is 1. The van der Waals surface area contributed by atoms with Crippen molar-refractivity contribution in [3.05, 3.63) is 84.7 Å². The number of furan rings is 1. The normalized spacial score (nSPS) is 18.4. The van der Waals surface area contributed by atoms with Crippen LogP contribution in [0.2, 0.25) is 0 Å². The first-order valence-electron chi connectivity index (χ1n) is 11.2. The molecule has 1 saturated heterocycles. The van der Waals surface area contributed by atoms with Crippen molar-refractivity contribution < 1.29 is 13.9 Å². The molecule has 170 valence electrons. The number of hydrogen-bond donors (Lipinski definition) is 0. The minimum Gasteiger partial charge on any atom is -0.463 e. The third-order valence-corrected chi connectivity index (χ3v) is 6.92. The number of benzene rings is 1. The summed E-state index contributed by atoms with van der Waals surface area (Å²) in [6.07, 6.45) is 4.08. The highest BCUT2D eigenvalue weighted by molar-refractivity contribution is 7.07. The number of carbonyl (C=O) groups is 1. The maximum atomic E-state index is 13.6. The average Bonchev–Trinajstić information content (AvgIpc) is 3.55. The molecule has 3 aromatic rings. The van der Waals surface area contributed by atoms with Crippen LogP contribution in [0.15, 0.2) is 67.9 Å². The van der Waals surface area contributed by atoms with Crippen LogP contribution in [0, 0.1) is 0 Å². The molecule has 0 radical (unpaired) electrons. The molecule has 1 fully saturated rings. The van der Waals surface area contributed by atoms with E-state index in [9.17, 15) is 9.59 Å². The number of aromatic nitrogens is 1. The molecule has 8 heteroatoms. The molecule has 1 atom stereocenters. The Hall–Kier alpha value is -3.39. The van der Waals surface area contributed by atoms with Crippen LogP contribution in [0.4, 0.5) is 5.88 Å². The number of fused-ring (bicyclic) bond motifs is 1. The molecular weight excluding hydrogens is 438 g/mol. The highest BCUT2D eigenvalue weighted by atomic mass is 32.1. The Morgan fingerprint density at radius 2 is 1.97 bits per heavy atom. The standard InChI is InChI=1S/C25H25N3O4S/c1-3-31-24(30)21-16(2)26-25-28(22(21)17-9-5-4-6-10-17)23(29)19(33-25)15-18-11-12-20(32-18)27-13-7-8-14-27/h4-6,9-12,15,22H,3,7-8,13-14H2,1-2H3/b19-15-/t22-/m0/s1. The third-order valence-electron chi connectivity index (χ3n) is 5.94. The zero-order valence-electron chi connectivity index (χ0n) is 18.6. The number of thiazole rings is 1. The van der Waals surface area contributed by atoms with E-state index in [0.717, 1.165) is 37.4 Å². The summed E-state index contributed by atoms with van der Waals surface area (Å²) in [6.45, 7) is 5.78. The van der Waals surface area contributed by atoms with E-state index in [1.165, 1.54) is 11.3 Å². The van der Waals surface area contributed by atoms with Gasteiger partial charge in [-0.2, -0.15) is 0 Å². The van der Waals surface area contributed by atoms with Crippen molar-refractivity contribution >= 4 is 29.3 Å². The van der Waals surface area contributed by atoms with Crippen molar-refractivity contribution in [3.63, 3.8) is 0 Å². The summed E-state index contributed by atoms with van der Waals surface area (Å²) < 4.78 is 13.4. The van der Waals surface area contributed by atoms with Gasteiger partial charge in [-0.3, -0.25) is 9.36 Å². The Balaban J connectivity index is 1.62. The number of carbonyl (C=O) groups excluding carboxylic acids is 1. The van der Waals surface area contributed by atoms with Gasteiger partial charge in [-0.25, -0.2) is 9.79 Å². The van der Waals surface area contributed by atoms with E-state index in [1.807, 2.05) is 42.5 Å². The van der Waals surface area contributed by atoms with Gasteiger partial charge in [0.05, 0.1) is 28.5 Å². The summed E-state index contributed by atoms with van der Waals surface area (Å²) in [5, 5.41) is 0. The van der Waals surface area contributed by atoms with Crippen molar-refractivity contribution in [2.24, 2.45) is 4.99 Å². The minimum atomic E-state index is -0.597. The van der Waals surface area contributed by atoms with Crippen molar-refractivity contribution in [2.75, 3.05) is 24.6 Å². The van der Waals surface area contributed by atoms with Crippen LogP contribution >= 0.6 is 11.3 Å². The van der Waals surface area contributed by atoms with Gasteiger partial charge in [0.2, 0.25) is 0 Å². The molecule has 2 aliphatic heterocycles. The molecule has 0 N–H and O–H groups in total. The number of nitrogens with zero attached hydrogens (tertiary/aromatic N) is 3. The monoisotopic (exact) mass is 463 g/mol. The smallest absolute Gasteiger partial charge is 0.338 e. The third kappa shape index (κ3) is 3.95. The second-order valence-corrected chi connectivity index (χ2v) is 9.09. The van der Waals surface area contributed by atoms with Crippen molar-refractivity contribution in [1.82, 2.24) is 4.57 Å². The quantitative estimate of drug-likeness (QED) is 0.544. The first-order valence-corrected chi connectivity index (χ1v) is 12.0. The predicted octanol–water partition coefficient (Wildman–Crippen LogP) is 2.99. The van der Waals surface area contributed by atoms with E-state index in [4.69, 9.17) is 9.15 Å². The van der Waals surface area contributed by atoms with E-state index in [1.54, 1.807) is 24.5 Å². The number of hydrogen-bond acceptors (Lipinski definition) is 7. The summed E-state index contributed by atoms with van der Waals surface area (Å²) in [5.74, 6) is 0.997. The lowest BCUT2D eigenvalue weighted by molar-refractivity contribution is -0.139. The Morgan fingerprint density at radius 1 is 1.21 bits per heavy atom. The Kier molecular flexibility index (Phi) is 5.76. The maximum absolute atomic E-state index is 13.6. The zero-order chi connectivity index (χ0) is 22.9. The lowest BCUT2D eigenvalue weighted by Gasteiger charge is -2.24. The Bertz CT molecular complexity index is 1390. The largest absolute Gasteiger partial charge is 0.463 e. The van der Waals surface area contributed by atoms with Gasteiger partial charge >= 0.3 is 5.97 Å². The van der Waals surface area contributed by atoms with E-state index in [0.29, 0.717) is 26.4 Å². The predicted molar refractivity (Wildman–Crippen MR) is 127 cm³/mol. The molecule has 0 saturated carbocycles. The molecule has 4 heterocycles. The molecule has 0 bridgehead atoms. The van der Waals surface area contributed by atoms with Crippen LogP contribution < -0.4 is 19.8 Å². The Labute approximate surface area is 194 Å². The van der Waals surface area contributed by atoms with Crippen LogP contribution in [0.25, 0.3) is 6.08 Å². The lowest BCUT2D eigenvalue weighted by atomic mass is 9.96. The molecule has 1 aromatic carbocycles. The summed E-state index contributed by atoms with van der Waals surface area (Å²) in [4.78, 5) is 33.8. The summed E-state index contributed by atoms with van der Waals surface area (Å²) in [5.41, 5.74) is 1.57. The number of ether oxygens (including phenoxy) is 1. The fourth-order valence-electron chi connectivity index (χ4n) is 4.40. The van der Waals surface area contributed by atoms with Crippen LogP contribution in [-0.4, -0.2) is 30.2 Å². The van der Waals surface area contributed by atoms with Crippen molar-refractivity contribution in [1.29, 1.82) is 0 Å². The number of anilines is 1. The maximum Gasteiger partial charge on any atom is 0.338 e. The van der Waals surface area contributed by atoms with E-state index in [-0.39, 0.29) is 12.2 Å². The molecule has 0 aliphatic carbocycles. The number of allylic oxidation sites excluding steroid dienone is 1. The summed E-state index contributed by atoms with van der Waals surface area (Å²) >= 11 is 1.30. The van der Waals surface area contributed by atoms with Crippen LogP contribution in [0.3, 0.4) is 0 Å². The highest BCUT2D eigenvalue weighted by Gasteiger charge is 2.33. The fourth-order valence-corrected chi connectivity index (χ4v) is 5.43. The molecule has 7 nitrogen and oxygen atoms in total. The fraction of sp³-hybridized carbons (Fsp3) is 0.320. The molecule has 33 heavy (non-hydrogen) atoms. The molecule has 0 amide bonds. The van der Waals surface area contributed by atoms with Gasteiger partial charge in [0.1, 0.15) is 5.76 Å². The first-order chi connectivity index (χ1) is 16.1. The molecule has 2 aliphatic rings. The first kappa shape index (κ1) is 21.5. The van der Waals surface area contributed by atoms with E-state index in [2.05, 4.69) is 9.89 Å². The minimum absolute atomic E-state index is 0.207. The van der Waals surface area contributed by atoms with Gasteiger partial charge < -0.3 is 14.1 Å². The lowest BCUT2D eigenvalue weighted by Crippen LogP contribution is -2.39. The molecule has 0 spiro atoms. The van der Waals surface area contributed by atoms with Gasteiger partial charge in [-0.05, 0) is 38.3 Å². The van der Waals surface area contributed by atoms with E-state index >= 15 is 0 Å². The average molecular weight is 464 g/mol. The van der Waals surface area contributed by atoms with Crippen molar-refractivity contribution in [2.45, 2.75) is 32.7 Å². The Morgan fingerprint density at radius 3 is 2.70 bits per heavy atom. The number of rotatable bonds is 5.